The first-order valence-corrected chi connectivity index (χ1v) is 16.1. The average Bonchev–Trinajstić information content (AvgIpc) is 3.04. The monoisotopic (exact) mass is 600 g/mol. The van der Waals surface area contributed by atoms with Gasteiger partial charge in [0.2, 0.25) is 0 Å². The molecule has 0 amide bonds. The number of esters is 2. The van der Waals surface area contributed by atoms with Gasteiger partial charge in [0.15, 0.2) is 0 Å². The standard InChI is InChI=1S/C35H52O8/c1-4-5-6-7-27-8-10-28(11-9-27)29-12-14-30(15-13-29)31-20-32(40-16-18-42-34(38)25(2)23-36)22-33(21-31)41-17-19-43-35(39)26(3)24-37/h8-11,29-33,36-37H,2-7,12-24H2,1H3. The Kier molecular flexibility index (Phi) is 15.4. The van der Waals surface area contributed by atoms with Crippen LogP contribution >= 0.6 is 0 Å². The fourth-order valence-electron chi connectivity index (χ4n) is 6.41. The first-order valence-electron chi connectivity index (χ1n) is 16.1. The van der Waals surface area contributed by atoms with Crippen LogP contribution in [0, 0.1) is 11.8 Å². The van der Waals surface area contributed by atoms with Crippen molar-refractivity contribution in [3.05, 3.63) is 59.7 Å². The molecule has 8 nitrogen and oxygen atoms in total. The molecule has 2 unspecified atom stereocenters. The van der Waals surface area contributed by atoms with Crippen LogP contribution in [0.4, 0.5) is 0 Å². The zero-order valence-electron chi connectivity index (χ0n) is 26.0. The van der Waals surface area contributed by atoms with Gasteiger partial charge in [0.1, 0.15) is 13.2 Å². The lowest BCUT2D eigenvalue weighted by atomic mass is 9.69. The van der Waals surface area contributed by atoms with Crippen molar-refractivity contribution in [2.24, 2.45) is 11.8 Å². The molecule has 0 bridgehead atoms. The van der Waals surface area contributed by atoms with Crippen molar-refractivity contribution in [3.63, 3.8) is 0 Å². The number of rotatable bonds is 18. The van der Waals surface area contributed by atoms with E-state index in [1.807, 2.05) is 0 Å². The van der Waals surface area contributed by atoms with Gasteiger partial charge in [-0.3, -0.25) is 0 Å². The van der Waals surface area contributed by atoms with Crippen LogP contribution in [-0.2, 0) is 35.0 Å². The third-order valence-corrected chi connectivity index (χ3v) is 8.91. The third kappa shape index (κ3) is 11.8. The largest absolute Gasteiger partial charge is 0.460 e. The Balaban J connectivity index is 1.51. The summed E-state index contributed by atoms with van der Waals surface area (Å²) in [5.41, 5.74) is 2.94. The summed E-state index contributed by atoms with van der Waals surface area (Å²) < 4.78 is 22.6. The van der Waals surface area contributed by atoms with Crippen molar-refractivity contribution in [1.82, 2.24) is 0 Å². The zero-order chi connectivity index (χ0) is 31.0. The van der Waals surface area contributed by atoms with Gasteiger partial charge in [-0.25, -0.2) is 9.59 Å². The Hall–Kier alpha value is -2.52. The van der Waals surface area contributed by atoms with Crippen molar-refractivity contribution < 1.29 is 38.7 Å². The van der Waals surface area contributed by atoms with E-state index < -0.39 is 25.2 Å². The van der Waals surface area contributed by atoms with Crippen LogP contribution < -0.4 is 0 Å². The normalized spacial score (nSPS) is 23.8. The lowest BCUT2D eigenvalue weighted by Gasteiger charge is -2.41. The van der Waals surface area contributed by atoms with Gasteiger partial charge >= 0.3 is 11.9 Å². The second-order valence-corrected chi connectivity index (χ2v) is 12.1. The molecule has 3 rings (SSSR count). The number of carbonyl (C=O) groups is 2. The molecule has 2 atom stereocenters. The number of aliphatic hydroxyl groups is 2. The van der Waals surface area contributed by atoms with Gasteiger partial charge in [-0.2, -0.15) is 0 Å². The fourth-order valence-corrected chi connectivity index (χ4v) is 6.41. The first-order chi connectivity index (χ1) is 20.8. The van der Waals surface area contributed by atoms with Crippen molar-refractivity contribution in [1.29, 1.82) is 0 Å². The number of hydrogen-bond acceptors (Lipinski definition) is 8. The summed E-state index contributed by atoms with van der Waals surface area (Å²) in [6.45, 7) is 9.06. The zero-order valence-corrected chi connectivity index (χ0v) is 26.0. The lowest BCUT2D eigenvalue weighted by molar-refractivity contribution is -0.144. The van der Waals surface area contributed by atoms with Crippen LogP contribution in [0.3, 0.4) is 0 Å². The van der Waals surface area contributed by atoms with Gasteiger partial charge in [-0.1, -0.05) is 57.2 Å². The molecule has 0 saturated heterocycles. The Bertz CT molecular complexity index is 967. The minimum atomic E-state index is -0.616. The summed E-state index contributed by atoms with van der Waals surface area (Å²) in [5, 5.41) is 18.1. The molecular formula is C35H52O8. The highest BCUT2D eigenvalue weighted by atomic mass is 16.6. The van der Waals surface area contributed by atoms with Crippen LogP contribution in [0.1, 0.15) is 88.2 Å². The van der Waals surface area contributed by atoms with E-state index in [-0.39, 0.29) is 49.8 Å². The smallest absolute Gasteiger partial charge is 0.335 e. The van der Waals surface area contributed by atoms with Crippen LogP contribution in [0.5, 0.6) is 0 Å². The maximum Gasteiger partial charge on any atom is 0.335 e. The fraction of sp³-hybridized carbons (Fsp3) is 0.657. The van der Waals surface area contributed by atoms with Crippen molar-refractivity contribution in [2.45, 2.75) is 95.7 Å². The Labute approximate surface area is 257 Å². The predicted molar refractivity (Wildman–Crippen MR) is 166 cm³/mol. The Morgan fingerprint density at radius 1 is 0.744 bits per heavy atom. The molecule has 0 spiro atoms. The average molecular weight is 601 g/mol. The van der Waals surface area contributed by atoms with E-state index in [9.17, 15) is 9.59 Å². The molecule has 0 aliphatic heterocycles. The minimum Gasteiger partial charge on any atom is -0.460 e. The maximum absolute atomic E-state index is 11.8. The van der Waals surface area contributed by atoms with Crippen molar-refractivity contribution in [2.75, 3.05) is 39.6 Å². The van der Waals surface area contributed by atoms with E-state index in [2.05, 4.69) is 44.3 Å². The molecular weight excluding hydrogens is 548 g/mol. The molecule has 2 saturated carbocycles. The minimum absolute atomic E-state index is 0.0213. The van der Waals surface area contributed by atoms with Crippen molar-refractivity contribution >= 4 is 11.9 Å². The summed E-state index contributed by atoms with van der Waals surface area (Å²) >= 11 is 0. The summed E-state index contributed by atoms with van der Waals surface area (Å²) in [6.07, 6.45) is 12.2. The highest BCUT2D eigenvalue weighted by Crippen LogP contribution is 2.44. The van der Waals surface area contributed by atoms with Gasteiger partial charge < -0.3 is 29.2 Å². The molecule has 2 N–H and O–H groups in total. The van der Waals surface area contributed by atoms with Gasteiger partial charge in [-0.15, -0.1) is 0 Å². The Morgan fingerprint density at radius 2 is 1.28 bits per heavy atom. The molecule has 0 radical (unpaired) electrons. The molecule has 8 heteroatoms. The van der Waals surface area contributed by atoms with Crippen LogP contribution in [0.25, 0.3) is 0 Å². The van der Waals surface area contributed by atoms with E-state index in [0.717, 1.165) is 19.3 Å². The SMILES string of the molecule is C=C(CO)C(=O)OCCOC1CC(OCCOC(=O)C(=C)CO)CC(C2CCC(c3ccc(CCCCC)cc3)CC2)C1. The van der Waals surface area contributed by atoms with E-state index >= 15 is 0 Å². The highest BCUT2D eigenvalue weighted by Gasteiger charge is 2.36. The van der Waals surface area contributed by atoms with Crippen LogP contribution in [-0.4, -0.2) is 74.0 Å². The third-order valence-electron chi connectivity index (χ3n) is 8.91. The molecule has 2 aliphatic rings. The summed E-state index contributed by atoms with van der Waals surface area (Å²) in [7, 11) is 0. The molecule has 240 valence electrons. The second kappa shape index (κ2) is 19.0. The molecule has 0 heterocycles. The predicted octanol–water partition coefficient (Wildman–Crippen LogP) is 5.45. The number of aliphatic hydroxyl groups excluding tert-OH is 2. The molecule has 0 aromatic heterocycles. The van der Waals surface area contributed by atoms with Crippen molar-refractivity contribution in [3.8, 4) is 0 Å². The van der Waals surface area contributed by atoms with E-state index in [1.54, 1.807) is 0 Å². The number of hydrogen-bond donors (Lipinski definition) is 2. The molecule has 2 fully saturated rings. The van der Waals surface area contributed by atoms with Gasteiger partial charge in [0.25, 0.3) is 0 Å². The Morgan fingerprint density at radius 3 is 1.77 bits per heavy atom. The van der Waals surface area contributed by atoms with E-state index in [1.165, 1.54) is 56.1 Å². The molecule has 1 aromatic rings. The number of benzene rings is 1. The van der Waals surface area contributed by atoms with Gasteiger partial charge in [-0.05, 0) is 86.7 Å². The van der Waals surface area contributed by atoms with Gasteiger partial charge in [0.05, 0.1) is 49.8 Å². The summed E-state index contributed by atoms with van der Waals surface area (Å²) in [4.78, 5) is 23.6. The second-order valence-electron chi connectivity index (χ2n) is 12.1. The van der Waals surface area contributed by atoms with Crippen LogP contribution in [0.2, 0.25) is 0 Å². The molecule has 2 aliphatic carbocycles. The number of carbonyl (C=O) groups excluding carboxylic acids is 2. The molecule has 43 heavy (non-hydrogen) atoms. The quantitative estimate of drug-likeness (QED) is 0.130. The summed E-state index contributed by atoms with van der Waals surface area (Å²) in [6, 6.07) is 9.31. The van der Waals surface area contributed by atoms with E-state index in [0.29, 0.717) is 24.2 Å². The van der Waals surface area contributed by atoms with E-state index in [4.69, 9.17) is 29.2 Å². The maximum atomic E-state index is 11.8. The number of aryl methyl sites for hydroxylation is 1. The highest BCUT2D eigenvalue weighted by molar-refractivity contribution is 5.88. The number of unbranched alkanes of at least 4 members (excludes halogenated alkanes) is 2. The number of ether oxygens (including phenoxy) is 4. The first kappa shape index (κ1) is 35.0. The lowest BCUT2D eigenvalue weighted by Crippen LogP contribution is -2.38. The van der Waals surface area contributed by atoms with Gasteiger partial charge in [0, 0.05) is 0 Å². The molecule has 1 aromatic carbocycles. The topological polar surface area (TPSA) is 112 Å². The summed E-state index contributed by atoms with van der Waals surface area (Å²) in [5.74, 6) is 0.429. The van der Waals surface area contributed by atoms with Crippen LogP contribution in [0.15, 0.2) is 48.6 Å².